The topological polar surface area (TPSA) is 26.0 Å². The summed E-state index contributed by atoms with van der Waals surface area (Å²) in [4.78, 5) is 4.49. The first-order valence-electron chi connectivity index (χ1n) is 12.6. The Balaban J connectivity index is 1.54. The van der Waals surface area contributed by atoms with E-state index in [1.54, 1.807) is 6.20 Å². The second-order valence-corrected chi connectivity index (χ2v) is 9.51. The number of furan rings is 1. The fraction of sp³-hybridized carbons (Fsp3) is 0. The second-order valence-electron chi connectivity index (χ2n) is 9.51. The lowest BCUT2D eigenvalue weighted by atomic mass is 9.78. The zero-order valence-electron chi connectivity index (χ0n) is 20.0. The van der Waals surface area contributed by atoms with Gasteiger partial charge in [-0.25, -0.2) is 4.98 Å². The molecule has 2 aromatic heterocycles. The molecule has 0 fully saturated rings. The molecular formula is C35H21NO. The van der Waals surface area contributed by atoms with Gasteiger partial charge in [0.2, 0.25) is 5.71 Å². The molecule has 0 spiro atoms. The fourth-order valence-electron chi connectivity index (χ4n) is 5.98. The van der Waals surface area contributed by atoms with Crippen LogP contribution in [0.4, 0.5) is 0 Å². The largest absolute Gasteiger partial charge is 0.437 e. The number of benzene rings is 5. The van der Waals surface area contributed by atoms with Crippen LogP contribution in [-0.2, 0) is 0 Å². The van der Waals surface area contributed by atoms with E-state index in [0.29, 0.717) is 5.71 Å². The Labute approximate surface area is 214 Å². The lowest BCUT2D eigenvalue weighted by Crippen LogP contribution is -1.98. The van der Waals surface area contributed by atoms with E-state index in [0.717, 1.165) is 27.5 Å². The van der Waals surface area contributed by atoms with Crippen molar-refractivity contribution in [2.75, 3.05) is 0 Å². The molecule has 5 aromatic carbocycles. The van der Waals surface area contributed by atoms with E-state index >= 15 is 0 Å². The average molecular weight is 472 g/mol. The van der Waals surface area contributed by atoms with Crippen molar-refractivity contribution in [3.8, 4) is 55.6 Å². The van der Waals surface area contributed by atoms with Gasteiger partial charge < -0.3 is 4.42 Å². The third kappa shape index (κ3) is 2.90. The minimum Gasteiger partial charge on any atom is -0.437 e. The summed E-state index contributed by atoms with van der Waals surface area (Å²) < 4.78 is 6.39. The molecule has 0 bridgehead atoms. The molecular weight excluding hydrogens is 450 g/mol. The van der Waals surface area contributed by atoms with E-state index in [9.17, 15) is 0 Å². The zero-order chi connectivity index (χ0) is 24.3. The molecule has 1 aliphatic carbocycles. The van der Waals surface area contributed by atoms with Gasteiger partial charge in [-0.05, 0) is 62.2 Å². The summed E-state index contributed by atoms with van der Waals surface area (Å²) >= 11 is 0. The maximum absolute atomic E-state index is 6.39. The molecule has 0 N–H and O–H groups in total. The number of rotatable bonds is 1. The van der Waals surface area contributed by atoms with Crippen LogP contribution in [0.3, 0.4) is 0 Å². The molecule has 0 amide bonds. The average Bonchev–Trinajstić information content (AvgIpc) is 3.35. The minimum atomic E-state index is 0.670. The molecule has 0 saturated carbocycles. The molecule has 0 unspecified atom stereocenters. The summed E-state index contributed by atoms with van der Waals surface area (Å²) in [6, 6.07) is 43.4. The molecule has 0 saturated heterocycles. The Hall–Kier alpha value is -4.95. The van der Waals surface area contributed by atoms with Gasteiger partial charge in [-0.2, -0.15) is 0 Å². The smallest absolute Gasteiger partial charge is 0.227 e. The van der Waals surface area contributed by atoms with Crippen LogP contribution >= 0.6 is 0 Å². The summed E-state index contributed by atoms with van der Waals surface area (Å²) in [5.74, 6) is 0. The van der Waals surface area contributed by atoms with Crippen molar-refractivity contribution in [2.45, 2.75) is 0 Å². The van der Waals surface area contributed by atoms with E-state index < -0.39 is 0 Å². The Bertz CT molecular complexity index is 1990. The van der Waals surface area contributed by atoms with Crippen LogP contribution in [0.1, 0.15) is 0 Å². The van der Waals surface area contributed by atoms with Gasteiger partial charge in [-0.15, -0.1) is 0 Å². The molecule has 7 aromatic rings. The highest BCUT2D eigenvalue weighted by molar-refractivity contribution is 6.12. The van der Waals surface area contributed by atoms with E-state index in [-0.39, 0.29) is 0 Å². The highest BCUT2D eigenvalue weighted by Gasteiger charge is 2.25. The number of aromatic nitrogens is 1. The first kappa shape index (κ1) is 20.3. The molecule has 2 heteroatoms. The van der Waals surface area contributed by atoms with Gasteiger partial charge in [0.05, 0.1) is 0 Å². The minimum absolute atomic E-state index is 0.670. The summed E-state index contributed by atoms with van der Waals surface area (Å²) in [5, 5.41) is 2.13. The summed E-state index contributed by atoms with van der Waals surface area (Å²) in [7, 11) is 0. The molecule has 37 heavy (non-hydrogen) atoms. The third-order valence-electron chi connectivity index (χ3n) is 7.55. The highest BCUT2D eigenvalue weighted by atomic mass is 16.3. The van der Waals surface area contributed by atoms with Crippen molar-refractivity contribution in [1.29, 1.82) is 0 Å². The summed E-state index contributed by atoms with van der Waals surface area (Å²) in [6.07, 6.45) is 1.78. The van der Waals surface area contributed by atoms with Crippen LogP contribution in [0.5, 0.6) is 0 Å². The van der Waals surface area contributed by atoms with Gasteiger partial charge in [0.1, 0.15) is 5.58 Å². The summed E-state index contributed by atoms with van der Waals surface area (Å²) in [5.41, 5.74) is 13.7. The van der Waals surface area contributed by atoms with Gasteiger partial charge in [-0.1, -0.05) is 109 Å². The first-order chi connectivity index (χ1) is 18.4. The van der Waals surface area contributed by atoms with Crippen LogP contribution in [0.15, 0.2) is 132 Å². The number of fused-ring (bicyclic) bond motifs is 11. The molecule has 172 valence electrons. The Morgan fingerprint density at radius 3 is 1.51 bits per heavy atom. The summed E-state index contributed by atoms with van der Waals surface area (Å²) in [6.45, 7) is 0. The highest BCUT2D eigenvalue weighted by Crippen LogP contribution is 2.51. The molecule has 8 rings (SSSR count). The molecule has 1 aliphatic rings. The van der Waals surface area contributed by atoms with Crippen LogP contribution < -0.4 is 0 Å². The number of pyridine rings is 1. The normalized spacial score (nSPS) is 11.8. The second kappa shape index (κ2) is 7.78. The van der Waals surface area contributed by atoms with Crippen molar-refractivity contribution in [2.24, 2.45) is 0 Å². The van der Waals surface area contributed by atoms with Gasteiger partial charge in [0, 0.05) is 22.5 Å². The van der Waals surface area contributed by atoms with Crippen molar-refractivity contribution in [1.82, 2.24) is 4.98 Å². The molecule has 0 atom stereocenters. The lowest BCUT2D eigenvalue weighted by Gasteiger charge is -2.25. The van der Waals surface area contributed by atoms with Crippen LogP contribution in [0.2, 0.25) is 0 Å². The van der Waals surface area contributed by atoms with Crippen LogP contribution in [-0.4, -0.2) is 4.98 Å². The predicted molar refractivity (Wildman–Crippen MR) is 152 cm³/mol. The van der Waals surface area contributed by atoms with Crippen molar-refractivity contribution in [3.05, 3.63) is 128 Å². The quantitative estimate of drug-likeness (QED) is 0.238. The van der Waals surface area contributed by atoms with Gasteiger partial charge in [0.15, 0.2) is 0 Å². The zero-order valence-corrected chi connectivity index (χ0v) is 20.0. The van der Waals surface area contributed by atoms with Gasteiger partial charge in [0.25, 0.3) is 0 Å². The fourth-order valence-corrected chi connectivity index (χ4v) is 5.98. The first-order valence-corrected chi connectivity index (χ1v) is 12.6. The van der Waals surface area contributed by atoms with Crippen LogP contribution in [0.25, 0.3) is 77.7 Å². The van der Waals surface area contributed by atoms with Gasteiger partial charge in [-0.3, -0.25) is 0 Å². The van der Waals surface area contributed by atoms with Crippen molar-refractivity contribution >= 4 is 22.1 Å². The Kier molecular flexibility index (Phi) is 4.26. The van der Waals surface area contributed by atoms with Crippen molar-refractivity contribution < 1.29 is 4.42 Å². The Morgan fingerprint density at radius 2 is 0.838 bits per heavy atom. The molecule has 0 aliphatic heterocycles. The third-order valence-corrected chi connectivity index (χ3v) is 7.55. The number of hydrogen-bond donors (Lipinski definition) is 0. The van der Waals surface area contributed by atoms with E-state index in [1.807, 2.05) is 6.07 Å². The van der Waals surface area contributed by atoms with Crippen molar-refractivity contribution in [3.63, 3.8) is 0 Å². The van der Waals surface area contributed by atoms with Crippen LogP contribution in [0, 0.1) is 0 Å². The van der Waals surface area contributed by atoms with Gasteiger partial charge >= 0.3 is 0 Å². The maximum atomic E-state index is 6.39. The SMILES string of the molecule is c1ccc2c(c1)-c1ccccc1-c1cccc(-c3cccc4c3oc3ncccc34)c1-c1ccccc1-2. The molecule has 2 heterocycles. The number of para-hydroxylation sites is 1. The maximum Gasteiger partial charge on any atom is 0.227 e. The van der Waals surface area contributed by atoms with E-state index in [2.05, 4.69) is 120 Å². The van der Waals surface area contributed by atoms with E-state index in [4.69, 9.17) is 4.42 Å². The lowest BCUT2D eigenvalue weighted by molar-refractivity contribution is 0.655. The molecule has 2 nitrogen and oxygen atoms in total. The number of nitrogens with zero attached hydrogens (tertiary/aromatic N) is 1. The Morgan fingerprint density at radius 1 is 0.378 bits per heavy atom. The predicted octanol–water partition coefficient (Wildman–Crippen LogP) is 9.63. The number of hydrogen-bond acceptors (Lipinski definition) is 2. The monoisotopic (exact) mass is 471 g/mol. The standard InChI is InChI=1S/C35H21NO/c1-2-11-23-22(10-1)24-12-3-4-13-26(24)28-16-7-17-29(33(28)27-15-6-5-14-25(23)27)30-18-8-19-31-32-20-9-21-36-35(32)37-34(30)31/h1-21H. The van der Waals surface area contributed by atoms with E-state index in [1.165, 1.54) is 44.5 Å². The molecule has 0 radical (unpaired) electrons.